The van der Waals surface area contributed by atoms with Crippen LogP contribution in [0.4, 0.5) is 5.00 Å². The van der Waals surface area contributed by atoms with Crippen molar-refractivity contribution < 1.29 is 4.79 Å². The third-order valence-corrected chi connectivity index (χ3v) is 4.93. The van der Waals surface area contributed by atoms with E-state index in [1.165, 1.54) is 11.3 Å². The fourth-order valence-corrected chi connectivity index (χ4v) is 3.70. The van der Waals surface area contributed by atoms with Crippen molar-refractivity contribution in [1.82, 2.24) is 4.90 Å². The molecule has 0 spiro atoms. The van der Waals surface area contributed by atoms with E-state index in [1.54, 1.807) is 11.4 Å². The van der Waals surface area contributed by atoms with Crippen LogP contribution in [-0.4, -0.2) is 24.4 Å². The van der Waals surface area contributed by atoms with Crippen molar-refractivity contribution in [1.29, 1.82) is 5.26 Å². The zero-order chi connectivity index (χ0) is 18.4. The Morgan fingerprint density at radius 1 is 1.08 bits per heavy atom. The van der Waals surface area contributed by atoms with Gasteiger partial charge in [-0.05, 0) is 29.6 Å². The fraction of sp³-hybridized carbons (Fsp3) is 0.143. The zero-order valence-corrected chi connectivity index (χ0v) is 15.2. The summed E-state index contributed by atoms with van der Waals surface area (Å²) in [6, 6.07) is 24.0. The van der Waals surface area contributed by atoms with Gasteiger partial charge in [-0.2, -0.15) is 5.26 Å². The van der Waals surface area contributed by atoms with Crippen molar-refractivity contribution in [3.05, 3.63) is 88.8 Å². The van der Waals surface area contributed by atoms with Gasteiger partial charge in [-0.25, -0.2) is 0 Å². The minimum absolute atomic E-state index is 0.0260. The molecule has 2 aromatic carbocycles. The second-order valence-electron chi connectivity index (χ2n) is 5.96. The lowest BCUT2D eigenvalue weighted by Gasteiger charge is -2.28. The van der Waals surface area contributed by atoms with Crippen LogP contribution < -0.4 is 5.32 Å². The maximum atomic E-state index is 12.5. The molecular formula is C21H19N3OS. The van der Waals surface area contributed by atoms with Gasteiger partial charge in [-0.15, -0.1) is 11.3 Å². The minimum Gasteiger partial charge on any atom is -0.315 e. The average Bonchev–Trinajstić information content (AvgIpc) is 3.10. The van der Waals surface area contributed by atoms with Crippen molar-refractivity contribution in [2.24, 2.45) is 0 Å². The first-order chi connectivity index (χ1) is 12.7. The third-order valence-electron chi connectivity index (χ3n) is 4.10. The van der Waals surface area contributed by atoms with E-state index in [0.717, 1.165) is 11.1 Å². The largest absolute Gasteiger partial charge is 0.315 e. The zero-order valence-electron chi connectivity index (χ0n) is 14.4. The number of carbonyl (C=O) groups is 1. The highest BCUT2D eigenvalue weighted by molar-refractivity contribution is 7.14. The molecule has 0 atom stereocenters. The Hall–Kier alpha value is -2.94. The molecule has 5 heteroatoms. The molecule has 0 fully saturated rings. The van der Waals surface area contributed by atoms with Gasteiger partial charge in [0.1, 0.15) is 11.1 Å². The van der Waals surface area contributed by atoms with E-state index in [-0.39, 0.29) is 18.5 Å². The molecule has 3 rings (SSSR count). The number of rotatable bonds is 6. The van der Waals surface area contributed by atoms with Crippen LogP contribution in [0.1, 0.15) is 22.7 Å². The lowest BCUT2D eigenvalue weighted by atomic mass is 9.97. The van der Waals surface area contributed by atoms with Crippen LogP contribution in [0.2, 0.25) is 0 Å². The Morgan fingerprint density at radius 2 is 1.65 bits per heavy atom. The van der Waals surface area contributed by atoms with E-state index < -0.39 is 0 Å². The maximum absolute atomic E-state index is 12.5. The number of nitriles is 1. The van der Waals surface area contributed by atoms with E-state index in [2.05, 4.69) is 35.7 Å². The molecule has 26 heavy (non-hydrogen) atoms. The third kappa shape index (κ3) is 4.17. The van der Waals surface area contributed by atoms with Crippen molar-refractivity contribution in [2.75, 3.05) is 18.9 Å². The van der Waals surface area contributed by atoms with Gasteiger partial charge in [0.05, 0.1) is 18.2 Å². The lowest BCUT2D eigenvalue weighted by molar-refractivity contribution is -0.117. The number of nitrogens with zero attached hydrogens (tertiary/aromatic N) is 2. The number of nitrogens with one attached hydrogen (secondary N) is 1. The number of hydrogen-bond donors (Lipinski definition) is 1. The Kier molecular flexibility index (Phi) is 5.80. The summed E-state index contributed by atoms with van der Waals surface area (Å²) >= 11 is 1.36. The Bertz CT molecular complexity index is 860. The van der Waals surface area contributed by atoms with Gasteiger partial charge in [-0.3, -0.25) is 9.69 Å². The SMILES string of the molecule is CN(CC(=O)Nc1sccc1C#N)C(c1ccccc1)c1ccccc1. The molecule has 0 radical (unpaired) electrons. The number of benzene rings is 2. The van der Waals surface area contributed by atoms with Crippen molar-refractivity contribution >= 4 is 22.2 Å². The number of carbonyl (C=O) groups excluding carboxylic acids is 1. The molecule has 1 N–H and O–H groups in total. The Morgan fingerprint density at radius 3 is 2.19 bits per heavy atom. The molecule has 4 nitrogen and oxygen atoms in total. The normalized spacial score (nSPS) is 10.7. The predicted molar refractivity (Wildman–Crippen MR) is 105 cm³/mol. The van der Waals surface area contributed by atoms with Gasteiger partial charge in [-0.1, -0.05) is 60.7 Å². The maximum Gasteiger partial charge on any atom is 0.239 e. The number of thiophene rings is 1. The first kappa shape index (κ1) is 17.9. The second kappa shape index (κ2) is 8.43. The molecular weight excluding hydrogens is 342 g/mol. The molecule has 130 valence electrons. The predicted octanol–water partition coefficient (Wildman–Crippen LogP) is 4.28. The van der Waals surface area contributed by atoms with Crippen LogP contribution in [-0.2, 0) is 4.79 Å². The number of hydrogen-bond acceptors (Lipinski definition) is 4. The molecule has 0 unspecified atom stereocenters. The van der Waals surface area contributed by atoms with Gasteiger partial charge in [0.2, 0.25) is 5.91 Å². The minimum atomic E-state index is -0.136. The molecule has 1 heterocycles. The van der Waals surface area contributed by atoms with Crippen LogP contribution in [0.3, 0.4) is 0 Å². The summed E-state index contributed by atoms with van der Waals surface area (Å²) in [7, 11) is 1.93. The highest BCUT2D eigenvalue weighted by Crippen LogP contribution is 2.27. The summed E-state index contributed by atoms with van der Waals surface area (Å²) in [6.07, 6.45) is 0. The summed E-state index contributed by atoms with van der Waals surface area (Å²) in [4.78, 5) is 14.5. The molecule has 0 aliphatic rings. The van der Waals surface area contributed by atoms with Gasteiger partial charge >= 0.3 is 0 Å². The molecule has 0 aliphatic carbocycles. The molecule has 3 aromatic rings. The number of anilines is 1. The summed E-state index contributed by atoms with van der Waals surface area (Å²) in [5.74, 6) is -0.136. The lowest BCUT2D eigenvalue weighted by Crippen LogP contribution is -2.33. The van der Waals surface area contributed by atoms with Crippen molar-refractivity contribution in [3.8, 4) is 6.07 Å². The monoisotopic (exact) mass is 361 g/mol. The van der Waals surface area contributed by atoms with Crippen molar-refractivity contribution in [3.63, 3.8) is 0 Å². The van der Waals surface area contributed by atoms with E-state index in [9.17, 15) is 4.79 Å². The Labute approximate surface area is 157 Å². The first-order valence-electron chi connectivity index (χ1n) is 8.26. The van der Waals surface area contributed by atoms with Crippen LogP contribution in [0, 0.1) is 11.3 Å². The molecule has 1 amide bonds. The summed E-state index contributed by atoms with van der Waals surface area (Å²) < 4.78 is 0. The summed E-state index contributed by atoms with van der Waals surface area (Å²) in [6.45, 7) is 0.219. The second-order valence-corrected chi connectivity index (χ2v) is 6.88. The van der Waals surface area contributed by atoms with Gasteiger partial charge in [0.15, 0.2) is 0 Å². The van der Waals surface area contributed by atoms with Crippen LogP contribution in [0.25, 0.3) is 0 Å². The average molecular weight is 361 g/mol. The van der Waals surface area contributed by atoms with E-state index in [1.807, 2.05) is 48.3 Å². The van der Waals surface area contributed by atoms with Gasteiger partial charge in [0.25, 0.3) is 0 Å². The van der Waals surface area contributed by atoms with Crippen molar-refractivity contribution in [2.45, 2.75) is 6.04 Å². The van der Waals surface area contributed by atoms with Gasteiger partial charge < -0.3 is 5.32 Å². The summed E-state index contributed by atoms with van der Waals surface area (Å²) in [5.41, 5.74) is 2.75. The highest BCUT2D eigenvalue weighted by Gasteiger charge is 2.21. The van der Waals surface area contributed by atoms with Crippen LogP contribution >= 0.6 is 11.3 Å². The standard InChI is InChI=1S/C21H19N3OS/c1-24(15-19(25)23-21-18(14-22)12-13-26-21)20(16-8-4-2-5-9-16)17-10-6-3-7-11-17/h2-13,20H,15H2,1H3,(H,23,25). The molecule has 1 aromatic heterocycles. The Balaban J connectivity index is 1.79. The number of likely N-dealkylation sites (N-methyl/N-ethyl adjacent to an activating group) is 1. The topological polar surface area (TPSA) is 56.1 Å². The fourth-order valence-electron chi connectivity index (χ4n) is 2.95. The number of amides is 1. The molecule has 0 saturated heterocycles. The van der Waals surface area contributed by atoms with Gasteiger partial charge in [0, 0.05) is 0 Å². The highest BCUT2D eigenvalue weighted by atomic mass is 32.1. The molecule has 0 bridgehead atoms. The quantitative estimate of drug-likeness (QED) is 0.713. The summed E-state index contributed by atoms with van der Waals surface area (Å²) in [5, 5.41) is 14.3. The van der Waals surface area contributed by atoms with Crippen LogP contribution in [0.5, 0.6) is 0 Å². The van der Waals surface area contributed by atoms with E-state index in [4.69, 9.17) is 5.26 Å². The molecule has 0 saturated carbocycles. The molecule has 0 aliphatic heterocycles. The van der Waals surface area contributed by atoms with E-state index in [0.29, 0.717) is 10.6 Å². The first-order valence-corrected chi connectivity index (χ1v) is 9.14. The van der Waals surface area contributed by atoms with Crippen LogP contribution in [0.15, 0.2) is 72.1 Å². The van der Waals surface area contributed by atoms with E-state index >= 15 is 0 Å². The smallest absolute Gasteiger partial charge is 0.239 e.